The number of amides is 1. The van der Waals surface area contributed by atoms with E-state index in [-0.39, 0.29) is 5.91 Å². The molecular formula is C14H19N3OS. The molecule has 2 aliphatic heterocycles. The minimum absolute atomic E-state index is 0.0978. The van der Waals surface area contributed by atoms with Gasteiger partial charge in [0, 0.05) is 43.7 Å². The number of likely N-dealkylation sites (tertiary alicyclic amines) is 1. The van der Waals surface area contributed by atoms with E-state index in [1.807, 2.05) is 10.3 Å². The average Bonchev–Trinajstić information content (AvgIpc) is 2.91. The number of piperidine rings is 1. The van der Waals surface area contributed by atoms with E-state index < -0.39 is 0 Å². The summed E-state index contributed by atoms with van der Waals surface area (Å²) >= 11 is 1.43. The van der Waals surface area contributed by atoms with E-state index in [4.69, 9.17) is 0 Å². The van der Waals surface area contributed by atoms with E-state index in [0.717, 1.165) is 44.9 Å². The van der Waals surface area contributed by atoms with Gasteiger partial charge in [0.2, 0.25) is 0 Å². The first kappa shape index (κ1) is 12.8. The van der Waals surface area contributed by atoms with Gasteiger partial charge in [-0.3, -0.25) is 4.79 Å². The third-order valence-corrected chi connectivity index (χ3v) is 4.67. The zero-order chi connectivity index (χ0) is 13.1. The Kier molecular flexibility index (Phi) is 3.94. The van der Waals surface area contributed by atoms with Crippen LogP contribution in [0.4, 0.5) is 0 Å². The van der Waals surface area contributed by atoms with Gasteiger partial charge in [-0.2, -0.15) is 0 Å². The fraction of sp³-hybridized carbons (Fsp3) is 0.571. The summed E-state index contributed by atoms with van der Waals surface area (Å²) < 4.78 is 0. The van der Waals surface area contributed by atoms with Crippen LogP contribution in [0.5, 0.6) is 0 Å². The smallest absolute Gasteiger partial charge is 0.282 e. The van der Waals surface area contributed by atoms with Gasteiger partial charge in [0.15, 0.2) is 5.01 Å². The number of nitrogens with one attached hydrogen (secondary N) is 1. The molecule has 0 radical (unpaired) electrons. The van der Waals surface area contributed by atoms with E-state index in [2.05, 4.69) is 22.5 Å². The van der Waals surface area contributed by atoms with Crippen molar-refractivity contribution < 1.29 is 4.79 Å². The first-order chi connectivity index (χ1) is 9.33. The lowest BCUT2D eigenvalue weighted by Crippen LogP contribution is -2.41. The fourth-order valence-corrected chi connectivity index (χ4v) is 3.12. The Morgan fingerprint density at radius 2 is 2.05 bits per heavy atom. The minimum atomic E-state index is 0.0978. The molecule has 0 aliphatic carbocycles. The summed E-state index contributed by atoms with van der Waals surface area (Å²) in [6.07, 6.45) is 8.55. The molecule has 0 aromatic carbocycles. The normalized spacial score (nSPS) is 21.8. The molecule has 5 heteroatoms. The lowest BCUT2D eigenvalue weighted by molar-refractivity contribution is 0.0705. The van der Waals surface area contributed by atoms with Crippen LogP contribution in [-0.2, 0) is 0 Å². The molecule has 0 saturated carbocycles. The number of rotatable bonds is 3. The monoisotopic (exact) mass is 277 g/mol. The number of hydrogen-bond acceptors (Lipinski definition) is 4. The highest BCUT2D eigenvalue weighted by Gasteiger charge is 2.24. The Bertz CT molecular complexity index is 445. The van der Waals surface area contributed by atoms with Gasteiger partial charge in [-0.15, -0.1) is 11.3 Å². The van der Waals surface area contributed by atoms with Crippen molar-refractivity contribution in [3.63, 3.8) is 0 Å². The van der Waals surface area contributed by atoms with E-state index in [1.165, 1.54) is 11.3 Å². The van der Waals surface area contributed by atoms with Gasteiger partial charge in [-0.05, 0) is 18.8 Å². The minimum Gasteiger partial charge on any atom is -0.337 e. The fourth-order valence-electron chi connectivity index (χ4n) is 2.52. The van der Waals surface area contributed by atoms with Gasteiger partial charge in [0.25, 0.3) is 5.91 Å². The molecule has 2 aliphatic rings. The van der Waals surface area contributed by atoms with Crippen LogP contribution in [0, 0.1) is 11.8 Å². The first-order valence-electron chi connectivity index (χ1n) is 6.91. The van der Waals surface area contributed by atoms with E-state index >= 15 is 0 Å². The molecule has 3 heterocycles. The SMILES string of the molecule is O=C(c1nccs1)N1CCC(/C=C/C2CNC2)CC1. The van der Waals surface area contributed by atoms with Gasteiger partial charge in [0.05, 0.1) is 0 Å². The number of allylic oxidation sites excluding steroid dienone is 1. The zero-order valence-corrected chi connectivity index (χ0v) is 11.7. The van der Waals surface area contributed by atoms with Gasteiger partial charge >= 0.3 is 0 Å². The molecule has 0 bridgehead atoms. The van der Waals surface area contributed by atoms with Crippen molar-refractivity contribution in [3.8, 4) is 0 Å². The second-order valence-corrected chi connectivity index (χ2v) is 6.16. The summed E-state index contributed by atoms with van der Waals surface area (Å²) in [5.41, 5.74) is 0. The van der Waals surface area contributed by atoms with Crippen molar-refractivity contribution in [1.29, 1.82) is 0 Å². The van der Waals surface area contributed by atoms with Crippen LogP contribution in [0.2, 0.25) is 0 Å². The summed E-state index contributed by atoms with van der Waals surface area (Å²) in [7, 11) is 0. The van der Waals surface area contributed by atoms with Gasteiger partial charge in [-0.1, -0.05) is 12.2 Å². The van der Waals surface area contributed by atoms with Crippen molar-refractivity contribution in [2.24, 2.45) is 11.8 Å². The Morgan fingerprint density at radius 3 is 2.63 bits per heavy atom. The largest absolute Gasteiger partial charge is 0.337 e. The number of carbonyl (C=O) groups excluding carboxylic acids is 1. The molecule has 102 valence electrons. The Labute approximate surface area is 117 Å². The van der Waals surface area contributed by atoms with E-state index in [1.54, 1.807) is 6.20 Å². The first-order valence-corrected chi connectivity index (χ1v) is 7.78. The summed E-state index contributed by atoms with van der Waals surface area (Å²) in [6, 6.07) is 0. The standard InChI is InChI=1S/C14H19N3OS/c18-14(13-16-5-8-19-13)17-6-3-11(4-7-17)1-2-12-9-15-10-12/h1-2,5,8,11-12,15H,3-4,6-7,9-10H2/b2-1+. The van der Waals surface area contributed by atoms with Gasteiger partial charge in [-0.25, -0.2) is 4.98 Å². The number of nitrogens with zero attached hydrogens (tertiary/aromatic N) is 2. The number of aromatic nitrogens is 1. The molecule has 0 spiro atoms. The molecule has 1 amide bonds. The van der Waals surface area contributed by atoms with Gasteiger partial charge < -0.3 is 10.2 Å². The number of thiazole rings is 1. The molecule has 19 heavy (non-hydrogen) atoms. The van der Waals surface area contributed by atoms with Crippen molar-refractivity contribution in [1.82, 2.24) is 15.2 Å². The zero-order valence-electron chi connectivity index (χ0n) is 10.9. The lowest BCUT2D eigenvalue weighted by atomic mass is 9.93. The predicted molar refractivity (Wildman–Crippen MR) is 76.2 cm³/mol. The van der Waals surface area contributed by atoms with Crippen LogP contribution >= 0.6 is 11.3 Å². The molecule has 4 nitrogen and oxygen atoms in total. The van der Waals surface area contributed by atoms with Gasteiger partial charge in [0.1, 0.15) is 0 Å². The molecule has 2 saturated heterocycles. The third kappa shape index (κ3) is 3.04. The maximum Gasteiger partial charge on any atom is 0.282 e. The summed E-state index contributed by atoms with van der Waals surface area (Å²) in [5.74, 6) is 1.47. The van der Waals surface area contributed by atoms with Crippen LogP contribution in [-0.4, -0.2) is 42.0 Å². The summed E-state index contributed by atoms with van der Waals surface area (Å²) in [5, 5.41) is 5.75. The Hall–Kier alpha value is -1.20. The predicted octanol–water partition coefficient (Wildman–Crippen LogP) is 1.77. The Morgan fingerprint density at radius 1 is 1.32 bits per heavy atom. The third-order valence-electron chi connectivity index (χ3n) is 3.91. The molecule has 1 N–H and O–H groups in total. The van der Waals surface area contributed by atoms with Crippen molar-refractivity contribution in [3.05, 3.63) is 28.7 Å². The molecule has 0 unspecified atom stereocenters. The van der Waals surface area contributed by atoms with Crippen molar-refractivity contribution >= 4 is 17.2 Å². The van der Waals surface area contributed by atoms with Crippen LogP contribution < -0.4 is 5.32 Å². The highest BCUT2D eigenvalue weighted by atomic mass is 32.1. The average molecular weight is 277 g/mol. The number of hydrogen-bond donors (Lipinski definition) is 1. The van der Waals surface area contributed by atoms with Crippen LogP contribution in [0.25, 0.3) is 0 Å². The molecule has 1 aromatic heterocycles. The maximum atomic E-state index is 12.1. The van der Waals surface area contributed by atoms with Crippen molar-refractivity contribution in [2.45, 2.75) is 12.8 Å². The van der Waals surface area contributed by atoms with E-state index in [0.29, 0.717) is 10.9 Å². The number of carbonyl (C=O) groups is 1. The quantitative estimate of drug-likeness (QED) is 0.857. The lowest BCUT2D eigenvalue weighted by Gasteiger charge is -2.31. The molecule has 0 atom stereocenters. The van der Waals surface area contributed by atoms with Crippen molar-refractivity contribution in [2.75, 3.05) is 26.2 Å². The maximum absolute atomic E-state index is 12.1. The Balaban J connectivity index is 1.49. The molecular weight excluding hydrogens is 258 g/mol. The molecule has 2 fully saturated rings. The molecule has 3 rings (SSSR count). The van der Waals surface area contributed by atoms with E-state index in [9.17, 15) is 4.79 Å². The second-order valence-electron chi connectivity index (χ2n) is 5.27. The summed E-state index contributed by atoms with van der Waals surface area (Å²) in [4.78, 5) is 18.2. The van der Waals surface area contributed by atoms with Crippen LogP contribution in [0.15, 0.2) is 23.7 Å². The van der Waals surface area contributed by atoms with Crippen LogP contribution in [0.3, 0.4) is 0 Å². The highest BCUT2D eigenvalue weighted by molar-refractivity contribution is 7.11. The van der Waals surface area contributed by atoms with Crippen LogP contribution in [0.1, 0.15) is 22.6 Å². The topological polar surface area (TPSA) is 45.2 Å². The second kappa shape index (κ2) is 5.84. The highest BCUT2D eigenvalue weighted by Crippen LogP contribution is 2.21. The molecule has 1 aromatic rings. The summed E-state index contributed by atoms with van der Waals surface area (Å²) in [6.45, 7) is 3.96.